The van der Waals surface area contributed by atoms with E-state index in [9.17, 15) is 9.59 Å². The van der Waals surface area contributed by atoms with Gasteiger partial charge in [-0.15, -0.1) is 11.8 Å². The number of ether oxygens (including phenoxy) is 3. The van der Waals surface area contributed by atoms with Crippen LogP contribution in [-0.4, -0.2) is 55.1 Å². The molecule has 3 aromatic carbocycles. The molecule has 12 heteroatoms. The van der Waals surface area contributed by atoms with Gasteiger partial charge in [0.2, 0.25) is 17.5 Å². The van der Waals surface area contributed by atoms with Crippen LogP contribution in [0.5, 0.6) is 17.2 Å². The van der Waals surface area contributed by atoms with Gasteiger partial charge in [0.05, 0.1) is 44.2 Å². The fourth-order valence-electron chi connectivity index (χ4n) is 5.20. The lowest BCUT2D eigenvalue weighted by molar-refractivity contribution is -0.115. The molecule has 0 bridgehead atoms. The Labute approximate surface area is 250 Å². The van der Waals surface area contributed by atoms with Gasteiger partial charge in [0.1, 0.15) is 10.9 Å². The number of rotatable bonds is 8. The van der Waals surface area contributed by atoms with Crippen molar-refractivity contribution in [1.82, 2.24) is 9.72 Å². The van der Waals surface area contributed by atoms with Crippen LogP contribution in [0.25, 0.3) is 27.5 Å². The first kappa shape index (κ1) is 27.8. The molecule has 6 rings (SSSR count). The number of methoxy groups -OCH3 is 3. The van der Waals surface area contributed by atoms with Crippen LogP contribution in [-0.2, 0) is 11.2 Å². The molecule has 0 atom stereocenters. The Balaban J connectivity index is 1.38. The minimum absolute atomic E-state index is 0.0592. The van der Waals surface area contributed by atoms with Crippen molar-refractivity contribution in [1.29, 1.82) is 0 Å². The van der Waals surface area contributed by atoms with E-state index in [-0.39, 0.29) is 17.9 Å². The van der Waals surface area contributed by atoms with Crippen LogP contribution in [0.3, 0.4) is 0 Å². The van der Waals surface area contributed by atoms with Crippen molar-refractivity contribution in [3.8, 4) is 22.9 Å². The summed E-state index contributed by atoms with van der Waals surface area (Å²) in [5.41, 5.74) is 2.55. The number of hydrogen-bond donors (Lipinski definition) is 1. The van der Waals surface area contributed by atoms with Crippen molar-refractivity contribution in [3.05, 3.63) is 75.5 Å². The third-order valence-electron chi connectivity index (χ3n) is 7.08. The first-order valence-electron chi connectivity index (χ1n) is 13.1. The average Bonchev–Trinajstić information content (AvgIpc) is 3.67. The largest absolute Gasteiger partial charge is 0.493 e. The van der Waals surface area contributed by atoms with Crippen molar-refractivity contribution >= 4 is 62.6 Å². The second kappa shape index (κ2) is 11.5. The highest BCUT2D eigenvalue weighted by molar-refractivity contribution is 7.99. The third kappa shape index (κ3) is 4.88. The Kier molecular flexibility index (Phi) is 7.61. The molecule has 1 N–H and O–H groups in total. The monoisotopic (exact) mass is 606 g/mol. The second-order valence-corrected chi connectivity index (χ2v) is 11.1. The minimum atomic E-state index is -0.271. The zero-order chi connectivity index (χ0) is 29.4. The molecule has 1 amide bonds. The maximum absolute atomic E-state index is 14.1. The molecular weight excluding hydrogens is 580 g/mol. The van der Waals surface area contributed by atoms with Gasteiger partial charge in [-0.2, -0.15) is 0 Å². The summed E-state index contributed by atoms with van der Waals surface area (Å²) in [6, 6.07) is 16.0. The van der Waals surface area contributed by atoms with Crippen LogP contribution < -0.4 is 30.0 Å². The van der Waals surface area contributed by atoms with E-state index in [1.54, 1.807) is 40.6 Å². The molecule has 0 radical (unpaired) electrons. The molecule has 5 aromatic rings. The average molecular weight is 607 g/mol. The predicted octanol–water partition coefficient (Wildman–Crippen LogP) is 5.50. The number of carbonyl (C=O) groups is 1. The number of nitrogens with zero attached hydrogens (tertiary/aromatic N) is 3. The highest BCUT2D eigenvalue weighted by Gasteiger charge is 2.26. The van der Waals surface area contributed by atoms with E-state index in [0.29, 0.717) is 72.8 Å². The second-order valence-electron chi connectivity index (χ2n) is 9.60. The molecule has 10 nitrogen and oxygen atoms in total. The quantitative estimate of drug-likeness (QED) is 0.245. The van der Waals surface area contributed by atoms with E-state index in [1.165, 1.54) is 21.3 Å². The van der Waals surface area contributed by atoms with E-state index in [4.69, 9.17) is 30.3 Å². The smallest absolute Gasteiger partial charge is 0.270 e. The van der Waals surface area contributed by atoms with Crippen molar-refractivity contribution in [2.75, 3.05) is 49.7 Å². The fraction of sp³-hybridized carbons (Fsp3) is 0.233. The van der Waals surface area contributed by atoms with Gasteiger partial charge in [0.15, 0.2) is 11.5 Å². The SMILES string of the molecule is COc1cc(NC(=O)Cc2cccc(-n3c(=O)c4c(N5CCSC5)onc4c4c(Cl)cccc43)c2)cc(OC)c1OC. The van der Waals surface area contributed by atoms with Gasteiger partial charge in [-0.25, -0.2) is 0 Å². The lowest BCUT2D eigenvalue weighted by atomic mass is 10.1. The summed E-state index contributed by atoms with van der Waals surface area (Å²) < 4.78 is 23.5. The van der Waals surface area contributed by atoms with Crippen LogP contribution in [0, 0.1) is 0 Å². The number of hydrogen-bond acceptors (Lipinski definition) is 9. The summed E-state index contributed by atoms with van der Waals surface area (Å²) in [6.07, 6.45) is 0.0592. The van der Waals surface area contributed by atoms with Gasteiger partial charge in [-0.3, -0.25) is 14.2 Å². The number of pyridine rings is 1. The summed E-state index contributed by atoms with van der Waals surface area (Å²) in [5.74, 6) is 3.11. The van der Waals surface area contributed by atoms with Gasteiger partial charge in [-0.05, 0) is 29.8 Å². The summed E-state index contributed by atoms with van der Waals surface area (Å²) in [4.78, 5) is 29.2. The zero-order valence-electron chi connectivity index (χ0n) is 23.1. The third-order valence-corrected chi connectivity index (χ3v) is 8.36. The van der Waals surface area contributed by atoms with Crippen molar-refractivity contribution < 1.29 is 23.5 Å². The zero-order valence-corrected chi connectivity index (χ0v) is 24.7. The standard InChI is InChI=1S/C30H27ClN4O6S/c1-38-22-14-18(15-23(39-2)28(22)40-3)32-24(36)13-17-6-4-7-19(12-17)35-21-9-5-8-20(31)25(21)27-26(29(35)37)30(41-33-27)34-10-11-42-16-34/h4-9,12,14-15H,10-11,13,16H2,1-3H3,(H,32,36). The molecular formula is C30H27ClN4O6S. The van der Waals surface area contributed by atoms with Crippen LogP contribution in [0.15, 0.2) is 63.9 Å². The van der Waals surface area contributed by atoms with Gasteiger partial charge in [-0.1, -0.05) is 35.0 Å². The molecule has 216 valence electrons. The van der Waals surface area contributed by atoms with Crippen LogP contribution >= 0.6 is 23.4 Å². The van der Waals surface area contributed by atoms with E-state index in [2.05, 4.69) is 10.5 Å². The highest BCUT2D eigenvalue weighted by atomic mass is 35.5. The summed E-state index contributed by atoms with van der Waals surface area (Å²) >= 11 is 8.42. The Morgan fingerprint density at radius 3 is 2.50 bits per heavy atom. The molecule has 3 heterocycles. The maximum atomic E-state index is 14.1. The molecule has 0 aliphatic carbocycles. The Morgan fingerprint density at radius 2 is 1.81 bits per heavy atom. The van der Waals surface area contributed by atoms with Crippen LogP contribution in [0.2, 0.25) is 5.02 Å². The summed E-state index contributed by atoms with van der Waals surface area (Å²) in [5, 5.41) is 8.63. The molecule has 1 aliphatic heterocycles. The molecule has 0 saturated carbocycles. The van der Waals surface area contributed by atoms with E-state index in [1.807, 2.05) is 35.2 Å². The normalized spacial score (nSPS) is 13.1. The number of carbonyl (C=O) groups excluding carboxylic acids is 1. The summed E-state index contributed by atoms with van der Waals surface area (Å²) in [7, 11) is 4.54. The molecule has 42 heavy (non-hydrogen) atoms. The topological polar surface area (TPSA) is 108 Å². The molecule has 1 saturated heterocycles. The lowest BCUT2D eigenvalue weighted by Crippen LogP contribution is -2.23. The number of thioether (sulfide) groups is 1. The maximum Gasteiger partial charge on any atom is 0.270 e. The minimum Gasteiger partial charge on any atom is -0.493 e. The number of benzene rings is 3. The Bertz CT molecular complexity index is 1860. The number of halogens is 1. The number of aromatic nitrogens is 2. The number of amides is 1. The number of anilines is 2. The molecule has 2 aromatic heterocycles. The highest BCUT2D eigenvalue weighted by Crippen LogP contribution is 2.40. The van der Waals surface area contributed by atoms with Crippen molar-refractivity contribution in [3.63, 3.8) is 0 Å². The van der Waals surface area contributed by atoms with Gasteiger partial charge in [0.25, 0.3) is 5.56 Å². The van der Waals surface area contributed by atoms with Crippen molar-refractivity contribution in [2.45, 2.75) is 6.42 Å². The Morgan fingerprint density at radius 1 is 1.05 bits per heavy atom. The molecule has 0 unspecified atom stereocenters. The number of nitrogens with one attached hydrogen (secondary N) is 1. The first-order valence-corrected chi connectivity index (χ1v) is 14.6. The van der Waals surface area contributed by atoms with E-state index >= 15 is 0 Å². The lowest BCUT2D eigenvalue weighted by Gasteiger charge is -2.16. The van der Waals surface area contributed by atoms with Gasteiger partial charge in [0, 0.05) is 41.2 Å². The number of fused-ring (bicyclic) bond motifs is 3. The predicted molar refractivity (Wildman–Crippen MR) is 165 cm³/mol. The van der Waals surface area contributed by atoms with E-state index < -0.39 is 0 Å². The van der Waals surface area contributed by atoms with Crippen LogP contribution in [0.1, 0.15) is 5.56 Å². The molecule has 1 fully saturated rings. The van der Waals surface area contributed by atoms with Gasteiger partial charge < -0.3 is 29.0 Å². The van der Waals surface area contributed by atoms with E-state index in [0.717, 1.165) is 12.3 Å². The fourth-order valence-corrected chi connectivity index (χ4v) is 6.40. The van der Waals surface area contributed by atoms with Crippen LogP contribution in [0.4, 0.5) is 11.6 Å². The van der Waals surface area contributed by atoms with Gasteiger partial charge >= 0.3 is 0 Å². The van der Waals surface area contributed by atoms with Crippen molar-refractivity contribution in [2.24, 2.45) is 0 Å². The molecule has 1 aliphatic rings. The first-order chi connectivity index (χ1) is 20.4. The molecule has 0 spiro atoms. The Hall–Kier alpha value is -4.35. The summed E-state index contributed by atoms with van der Waals surface area (Å²) in [6.45, 7) is 0.755.